The van der Waals surface area contributed by atoms with Crippen molar-refractivity contribution in [1.29, 1.82) is 10.5 Å². The number of ether oxygens (including phenoxy) is 4. The van der Waals surface area contributed by atoms with Crippen molar-refractivity contribution in [3.8, 4) is 12.1 Å². The predicted molar refractivity (Wildman–Crippen MR) is 142 cm³/mol. The van der Waals surface area contributed by atoms with E-state index in [2.05, 4.69) is 32.9 Å². The Kier molecular flexibility index (Phi) is 18.5. The van der Waals surface area contributed by atoms with Gasteiger partial charge in [-0.15, -0.1) is 0 Å². The van der Waals surface area contributed by atoms with Crippen LogP contribution in [0.4, 0.5) is 0 Å². The first-order valence-corrected chi connectivity index (χ1v) is 12.0. The molecule has 0 aliphatic rings. The Hall–Kier alpha value is -3.40. The normalized spacial score (nSPS) is 13.5. The average Bonchev–Trinajstić information content (AvgIpc) is 2.86. The van der Waals surface area contributed by atoms with Crippen molar-refractivity contribution < 1.29 is 38.1 Å². The molecule has 0 aromatic carbocycles. The Bertz CT molecular complexity index is 896. The Labute approximate surface area is 228 Å². The van der Waals surface area contributed by atoms with Crippen LogP contribution in [0.5, 0.6) is 0 Å². The second-order valence-electron chi connectivity index (χ2n) is 10.7. The van der Waals surface area contributed by atoms with Gasteiger partial charge in [0.15, 0.2) is 0 Å². The fourth-order valence-electron chi connectivity index (χ4n) is 3.72. The molecule has 10 nitrogen and oxygen atoms in total. The van der Waals surface area contributed by atoms with E-state index in [-0.39, 0.29) is 30.2 Å². The lowest BCUT2D eigenvalue weighted by Gasteiger charge is -2.33. The van der Waals surface area contributed by atoms with Gasteiger partial charge in [0, 0.05) is 5.57 Å². The lowest BCUT2D eigenvalue weighted by Crippen LogP contribution is -2.37. The van der Waals surface area contributed by atoms with Crippen molar-refractivity contribution in [3.05, 3.63) is 12.2 Å². The van der Waals surface area contributed by atoms with Crippen molar-refractivity contribution in [2.45, 2.75) is 74.7 Å². The molecule has 3 unspecified atom stereocenters. The molecule has 216 valence electrons. The highest BCUT2D eigenvalue weighted by atomic mass is 16.5. The van der Waals surface area contributed by atoms with Gasteiger partial charge in [0.1, 0.15) is 0 Å². The number of carbonyl (C=O) groups is 4. The molecule has 38 heavy (non-hydrogen) atoms. The molecule has 3 atom stereocenters. The third kappa shape index (κ3) is 16.4. The van der Waals surface area contributed by atoms with Crippen LogP contribution in [0.25, 0.3) is 0 Å². The van der Waals surface area contributed by atoms with Crippen molar-refractivity contribution in [1.82, 2.24) is 0 Å². The molecule has 0 heterocycles. The molecule has 0 aliphatic carbocycles. The molecular weight excluding hydrogens is 492 g/mol. The summed E-state index contributed by atoms with van der Waals surface area (Å²) in [5.74, 6) is -2.01. The van der Waals surface area contributed by atoms with Crippen molar-refractivity contribution >= 4 is 23.9 Å². The first kappa shape index (κ1) is 39.1. The van der Waals surface area contributed by atoms with Crippen LogP contribution in [0, 0.1) is 50.7 Å². The summed E-state index contributed by atoms with van der Waals surface area (Å²) in [4.78, 5) is 44.6. The standard InChI is InChI=1S/C14H23NO4.C9H15NO2.C5H8O2/c1-10(11(16)18-5)7-14(4,12(17)19-6)8-13(2,3)9-15;1-7(8(11)12-4)5-9(2,3)6-10;1-4(2)5(6)7-3/h10H,7-8H2,1-6H3;7H,5H2,1-4H3;1H2,2-3H3. The second-order valence-corrected chi connectivity index (χ2v) is 10.7. The van der Waals surface area contributed by atoms with Crippen molar-refractivity contribution in [2.75, 3.05) is 28.4 Å². The molecule has 0 amide bonds. The smallest absolute Gasteiger partial charge is 0.332 e. The highest BCUT2D eigenvalue weighted by Gasteiger charge is 2.42. The summed E-state index contributed by atoms with van der Waals surface area (Å²) in [6, 6.07) is 4.31. The quantitative estimate of drug-likeness (QED) is 0.216. The number of carbonyl (C=O) groups excluding carboxylic acids is 4. The van der Waals surface area contributed by atoms with Gasteiger partial charge in [-0.25, -0.2) is 4.79 Å². The number of rotatable bonds is 10. The molecular formula is C28H46N2O8. The first-order chi connectivity index (χ1) is 17.2. The number of esters is 4. The summed E-state index contributed by atoms with van der Waals surface area (Å²) in [6.07, 6.45) is 1.15. The molecule has 0 aliphatic heterocycles. The summed E-state index contributed by atoms with van der Waals surface area (Å²) < 4.78 is 18.3. The van der Waals surface area contributed by atoms with Crippen molar-refractivity contribution in [3.63, 3.8) is 0 Å². The van der Waals surface area contributed by atoms with E-state index in [1.807, 2.05) is 13.8 Å². The second kappa shape index (κ2) is 18.0. The maximum atomic E-state index is 12.0. The lowest BCUT2D eigenvalue weighted by atomic mass is 9.70. The summed E-state index contributed by atoms with van der Waals surface area (Å²) >= 11 is 0. The van der Waals surface area contributed by atoms with E-state index in [0.717, 1.165) is 0 Å². The molecule has 0 rings (SSSR count). The highest BCUT2D eigenvalue weighted by Crippen LogP contribution is 2.39. The summed E-state index contributed by atoms with van der Waals surface area (Å²) in [5.41, 5.74) is -1.57. The van der Waals surface area contributed by atoms with Gasteiger partial charge in [-0.2, -0.15) is 10.5 Å². The minimum absolute atomic E-state index is 0.204. The zero-order valence-corrected chi connectivity index (χ0v) is 25.1. The van der Waals surface area contributed by atoms with E-state index in [1.165, 1.54) is 28.4 Å². The number of nitrogens with zero attached hydrogens (tertiary/aromatic N) is 2. The predicted octanol–water partition coefficient (Wildman–Crippen LogP) is 4.78. The van der Waals surface area contributed by atoms with Crippen LogP contribution in [0.15, 0.2) is 12.2 Å². The zero-order valence-electron chi connectivity index (χ0n) is 25.1. The van der Waals surface area contributed by atoms with Gasteiger partial charge in [-0.05, 0) is 60.8 Å². The lowest BCUT2D eigenvalue weighted by molar-refractivity contribution is -0.157. The van der Waals surface area contributed by atoms with E-state index in [4.69, 9.17) is 15.3 Å². The van der Waals surface area contributed by atoms with Crippen LogP contribution in [0.3, 0.4) is 0 Å². The number of methoxy groups -OCH3 is 4. The molecule has 0 aromatic heterocycles. The fraction of sp³-hybridized carbons (Fsp3) is 0.714. The van der Waals surface area contributed by atoms with Crippen LogP contribution in [0.2, 0.25) is 0 Å². The van der Waals surface area contributed by atoms with Gasteiger partial charge in [0.2, 0.25) is 0 Å². The van der Waals surface area contributed by atoms with E-state index >= 15 is 0 Å². The fourth-order valence-corrected chi connectivity index (χ4v) is 3.72. The van der Waals surface area contributed by atoms with E-state index in [9.17, 15) is 19.2 Å². The van der Waals surface area contributed by atoms with Gasteiger partial charge in [-0.3, -0.25) is 14.4 Å². The molecule has 0 spiro atoms. The first-order valence-electron chi connectivity index (χ1n) is 12.0. The molecule has 0 bridgehead atoms. The molecule has 0 radical (unpaired) electrons. The monoisotopic (exact) mass is 538 g/mol. The van der Waals surface area contributed by atoms with Crippen LogP contribution in [0.1, 0.15) is 74.7 Å². The maximum Gasteiger partial charge on any atom is 0.332 e. The summed E-state index contributed by atoms with van der Waals surface area (Å²) in [5, 5.41) is 17.8. The molecule has 10 heteroatoms. The highest BCUT2D eigenvalue weighted by molar-refractivity contribution is 5.86. The van der Waals surface area contributed by atoms with Gasteiger partial charge >= 0.3 is 23.9 Å². The minimum atomic E-state index is -0.887. The van der Waals surface area contributed by atoms with Crippen LogP contribution in [-0.4, -0.2) is 52.3 Å². The Morgan fingerprint density at radius 2 is 1.13 bits per heavy atom. The van der Waals surface area contributed by atoms with Gasteiger partial charge in [0.05, 0.1) is 68.7 Å². The summed E-state index contributed by atoms with van der Waals surface area (Å²) in [6.45, 7) is 17.3. The average molecular weight is 539 g/mol. The van der Waals surface area contributed by atoms with Crippen molar-refractivity contribution in [2.24, 2.45) is 28.1 Å². The molecule has 0 saturated carbocycles. The Morgan fingerprint density at radius 1 is 0.737 bits per heavy atom. The van der Waals surface area contributed by atoms with Gasteiger partial charge in [0.25, 0.3) is 0 Å². The third-order valence-electron chi connectivity index (χ3n) is 5.43. The zero-order chi connectivity index (χ0) is 30.9. The molecule has 0 saturated heterocycles. The minimum Gasteiger partial charge on any atom is -0.469 e. The SMILES string of the molecule is C=C(C)C(=O)OC.COC(=O)C(C)CC(C)(C)C#N.COC(=O)C(C)CC(C)(CC(C)(C)C#N)C(=O)OC. The molecule has 0 fully saturated rings. The largest absolute Gasteiger partial charge is 0.469 e. The third-order valence-corrected chi connectivity index (χ3v) is 5.43. The Morgan fingerprint density at radius 3 is 1.39 bits per heavy atom. The maximum absolute atomic E-state index is 12.0. The van der Waals surface area contributed by atoms with E-state index < -0.39 is 28.1 Å². The topological polar surface area (TPSA) is 153 Å². The van der Waals surface area contributed by atoms with Crippen LogP contribution >= 0.6 is 0 Å². The van der Waals surface area contributed by atoms with Crippen LogP contribution < -0.4 is 0 Å². The number of hydrogen-bond donors (Lipinski definition) is 0. The van der Waals surface area contributed by atoms with Crippen LogP contribution in [-0.2, 0) is 38.1 Å². The number of hydrogen-bond acceptors (Lipinski definition) is 10. The number of nitriles is 2. The molecule has 0 aromatic rings. The van der Waals surface area contributed by atoms with E-state index in [0.29, 0.717) is 18.4 Å². The summed E-state index contributed by atoms with van der Waals surface area (Å²) in [7, 11) is 5.31. The van der Waals surface area contributed by atoms with Gasteiger partial charge in [-0.1, -0.05) is 20.4 Å². The Balaban J connectivity index is -0.000000547. The molecule has 0 N–H and O–H groups in total. The van der Waals surface area contributed by atoms with Gasteiger partial charge < -0.3 is 18.9 Å². The van der Waals surface area contributed by atoms with E-state index in [1.54, 1.807) is 41.5 Å².